The fourth-order valence-electron chi connectivity index (χ4n) is 3.23. The fourth-order valence-corrected chi connectivity index (χ4v) is 3.23. The Morgan fingerprint density at radius 2 is 1.31 bits per heavy atom. The number of carbonyl (C=O) groups excluding carboxylic acids is 3. The molecule has 0 radical (unpaired) electrons. The summed E-state index contributed by atoms with van der Waals surface area (Å²) in [5.41, 5.74) is 0. The first kappa shape index (κ1) is 30.5. The van der Waals surface area contributed by atoms with E-state index in [0.29, 0.717) is 71.1 Å². The van der Waals surface area contributed by atoms with Crippen LogP contribution in [-0.4, -0.2) is 71.3 Å². The number of rotatable bonds is 23. The largest absolute Gasteiger partial charge is 0.385 e. The van der Waals surface area contributed by atoms with Crippen LogP contribution in [0.15, 0.2) is 0 Å². The lowest BCUT2D eigenvalue weighted by atomic mass is 10.1. The van der Waals surface area contributed by atoms with Crippen molar-refractivity contribution in [2.75, 3.05) is 53.7 Å². The van der Waals surface area contributed by atoms with Crippen LogP contribution >= 0.6 is 0 Å². The first-order valence-corrected chi connectivity index (χ1v) is 12.1. The SMILES string of the molecule is COCCC(COC)COCCCNC(=O)CCCC(=O)NCCCCCCCC(C)=O. The molecule has 1 atom stereocenters. The Hall–Kier alpha value is -1.51. The van der Waals surface area contributed by atoms with Gasteiger partial charge in [0.1, 0.15) is 5.78 Å². The molecular formula is C24H46N2O6. The van der Waals surface area contributed by atoms with Crippen molar-refractivity contribution in [3.8, 4) is 0 Å². The van der Waals surface area contributed by atoms with Crippen molar-refractivity contribution < 1.29 is 28.6 Å². The van der Waals surface area contributed by atoms with Crippen LogP contribution in [0.2, 0.25) is 0 Å². The Morgan fingerprint density at radius 1 is 0.688 bits per heavy atom. The lowest BCUT2D eigenvalue weighted by Gasteiger charge is -2.15. The summed E-state index contributed by atoms with van der Waals surface area (Å²) in [5.74, 6) is 0.543. The number of unbranched alkanes of at least 4 members (excludes halogenated alkanes) is 4. The smallest absolute Gasteiger partial charge is 0.220 e. The van der Waals surface area contributed by atoms with E-state index in [1.165, 1.54) is 0 Å². The number of ketones is 1. The van der Waals surface area contributed by atoms with E-state index in [4.69, 9.17) is 14.2 Å². The molecule has 1 unspecified atom stereocenters. The topological polar surface area (TPSA) is 103 Å². The van der Waals surface area contributed by atoms with E-state index in [-0.39, 0.29) is 17.6 Å². The molecule has 32 heavy (non-hydrogen) atoms. The number of Topliss-reactive ketones (excluding diaryl/α,β-unsaturated/α-hetero) is 1. The van der Waals surface area contributed by atoms with Gasteiger partial charge in [0, 0.05) is 65.7 Å². The summed E-state index contributed by atoms with van der Waals surface area (Å²) in [7, 11) is 3.37. The highest BCUT2D eigenvalue weighted by Crippen LogP contribution is 2.06. The maximum absolute atomic E-state index is 11.9. The predicted octanol–water partition coefficient (Wildman–Crippen LogP) is 3.02. The molecule has 0 aromatic heterocycles. The quantitative estimate of drug-likeness (QED) is 0.228. The summed E-state index contributed by atoms with van der Waals surface area (Å²) in [5, 5.41) is 5.78. The van der Waals surface area contributed by atoms with Gasteiger partial charge in [0.15, 0.2) is 0 Å². The molecule has 0 aliphatic heterocycles. The van der Waals surface area contributed by atoms with Gasteiger partial charge in [-0.2, -0.15) is 0 Å². The average molecular weight is 459 g/mol. The summed E-state index contributed by atoms with van der Waals surface area (Å²) in [6, 6.07) is 0. The third-order valence-electron chi connectivity index (χ3n) is 5.11. The van der Waals surface area contributed by atoms with Gasteiger partial charge < -0.3 is 29.6 Å². The molecule has 0 rings (SSSR count). The number of methoxy groups -OCH3 is 2. The minimum absolute atomic E-state index is 0.00173. The second kappa shape index (κ2) is 22.7. The van der Waals surface area contributed by atoms with E-state index < -0.39 is 0 Å². The van der Waals surface area contributed by atoms with Crippen molar-refractivity contribution in [3.63, 3.8) is 0 Å². The van der Waals surface area contributed by atoms with Gasteiger partial charge in [-0.1, -0.05) is 19.3 Å². The van der Waals surface area contributed by atoms with Crippen molar-refractivity contribution >= 4 is 17.6 Å². The van der Waals surface area contributed by atoms with Crippen LogP contribution < -0.4 is 10.6 Å². The van der Waals surface area contributed by atoms with Crippen molar-refractivity contribution in [3.05, 3.63) is 0 Å². The molecule has 0 spiro atoms. The summed E-state index contributed by atoms with van der Waals surface area (Å²) >= 11 is 0. The Balaban J connectivity index is 3.51. The predicted molar refractivity (Wildman–Crippen MR) is 126 cm³/mol. The molecule has 8 heteroatoms. The second-order valence-electron chi connectivity index (χ2n) is 8.30. The zero-order valence-electron chi connectivity index (χ0n) is 20.5. The van der Waals surface area contributed by atoms with Crippen LogP contribution in [0, 0.1) is 5.92 Å². The third-order valence-corrected chi connectivity index (χ3v) is 5.11. The highest BCUT2D eigenvalue weighted by molar-refractivity contribution is 5.78. The summed E-state index contributed by atoms with van der Waals surface area (Å²) < 4.78 is 15.9. The van der Waals surface area contributed by atoms with E-state index in [1.54, 1.807) is 21.1 Å². The molecule has 0 aromatic rings. The minimum atomic E-state index is -0.0271. The summed E-state index contributed by atoms with van der Waals surface area (Å²) in [6.45, 7) is 5.43. The molecule has 188 valence electrons. The number of hydrogen-bond acceptors (Lipinski definition) is 6. The maximum Gasteiger partial charge on any atom is 0.220 e. The van der Waals surface area contributed by atoms with Crippen molar-refractivity contribution in [1.82, 2.24) is 10.6 Å². The van der Waals surface area contributed by atoms with Crippen LogP contribution in [0.3, 0.4) is 0 Å². The van der Waals surface area contributed by atoms with Gasteiger partial charge in [0.05, 0.1) is 13.2 Å². The molecular weight excluding hydrogens is 412 g/mol. The zero-order chi connectivity index (χ0) is 23.9. The van der Waals surface area contributed by atoms with Crippen LogP contribution in [0.5, 0.6) is 0 Å². The average Bonchev–Trinajstić information content (AvgIpc) is 2.75. The number of nitrogens with one attached hydrogen (secondary N) is 2. The molecule has 0 saturated carbocycles. The van der Waals surface area contributed by atoms with Crippen LogP contribution in [0.1, 0.15) is 77.6 Å². The molecule has 8 nitrogen and oxygen atoms in total. The first-order valence-electron chi connectivity index (χ1n) is 12.1. The van der Waals surface area contributed by atoms with Gasteiger partial charge in [0.25, 0.3) is 0 Å². The monoisotopic (exact) mass is 458 g/mol. The number of ether oxygens (including phenoxy) is 3. The highest BCUT2D eigenvalue weighted by atomic mass is 16.5. The first-order chi connectivity index (χ1) is 15.5. The summed E-state index contributed by atoms with van der Waals surface area (Å²) in [6.07, 6.45) is 8.74. The molecule has 0 fully saturated rings. The van der Waals surface area contributed by atoms with Gasteiger partial charge in [-0.15, -0.1) is 0 Å². The molecule has 0 saturated heterocycles. The number of carbonyl (C=O) groups is 3. The molecule has 0 bridgehead atoms. The Kier molecular flexibility index (Phi) is 21.6. The van der Waals surface area contributed by atoms with Gasteiger partial charge in [0.2, 0.25) is 11.8 Å². The Bertz CT molecular complexity index is 487. The number of amides is 2. The van der Waals surface area contributed by atoms with Crippen molar-refractivity contribution in [2.24, 2.45) is 5.92 Å². The normalized spacial score (nSPS) is 11.8. The number of hydrogen-bond donors (Lipinski definition) is 2. The fraction of sp³-hybridized carbons (Fsp3) is 0.875. The molecule has 0 aliphatic carbocycles. The van der Waals surface area contributed by atoms with Crippen molar-refractivity contribution in [2.45, 2.75) is 77.6 Å². The Morgan fingerprint density at radius 3 is 1.94 bits per heavy atom. The summed E-state index contributed by atoms with van der Waals surface area (Å²) in [4.78, 5) is 34.5. The lowest BCUT2D eigenvalue weighted by Crippen LogP contribution is -2.27. The van der Waals surface area contributed by atoms with E-state index in [0.717, 1.165) is 44.9 Å². The lowest BCUT2D eigenvalue weighted by molar-refractivity contribution is -0.122. The molecule has 2 N–H and O–H groups in total. The minimum Gasteiger partial charge on any atom is -0.385 e. The van der Waals surface area contributed by atoms with Crippen LogP contribution in [0.4, 0.5) is 0 Å². The zero-order valence-corrected chi connectivity index (χ0v) is 20.5. The van der Waals surface area contributed by atoms with E-state index >= 15 is 0 Å². The van der Waals surface area contributed by atoms with Crippen LogP contribution in [-0.2, 0) is 28.6 Å². The van der Waals surface area contributed by atoms with Gasteiger partial charge in [-0.05, 0) is 39.0 Å². The van der Waals surface area contributed by atoms with Gasteiger partial charge >= 0.3 is 0 Å². The Labute approximate surface area is 194 Å². The molecule has 0 aromatic carbocycles. The maximum atomic E-state index is 11.9. The van der Waals surface area contributed by atoms with Crippen molar-refractivity contribution in [1.29, 1.82) is 0 Å². The molecule has 0 aliphatic rings. The molecule has 0 heterocycles. The molecule has 2 amide bonds. The third kappa shape index (κ3) is 21.7. The standard InChI is InChI=1S/C24H46N2O6/c1-21(27)11-7-5-4-6-8-15-25-23(28)12-9-13-24(29)26-16-10-17-32-20-22(19-31-3)14-18-30-2/h22H,4-20H2,1-3H3,(H,25,28)(H,26,29). The van der Waals surface area contributed by atoms with Gasteiger partial charge in [-0.3, -0.25) is 9.59 Å². The highest BCUT2D eigenvalue weighted by Gasteiger charge is 2.09. The van der Waals surface area contributed by atoms with E-state index in [9.17, 15) is 14.4 Å². The van der Waals surface area contributed by atoms with E-state index in [2.05, 4.69) is 10.6 Å². The van der Waals surface area contributed by atoms with Crippen LogP contribution in [0.25, 0.3) is 0 Å². The van der Waals surface area contributed by atoms with Gasteiger partial charge in [-0.25, -0.2) is 0 Å². The van der Waals surface area contributed by atoms with E-state index in [1.807, 2.05) is 0 Å². The second-order valence-corrected chi connectivity index (χ2v) is 8.30.